The number of fused-ring (bicyclic) bond motifs is 1. The van der Waals surface area contributed by atoms with Gasteiger partial charge in [0.15, 0.2) is 11.3 Å². The van der Waals surface area contributed by atoms with Gasteiger partial charge in [-0.1, -0.05) is 5.16 Å². The fourth-order valence-corrected chi connectivity index (χ4v) is 6.78. The normalized spacial score (nSPS) is 23.7. The van der Waals surface area contributed by atoms with Crippen molar-refractivity contribution in [2.45, 2.75) is 101 Å². The zero-order valence-electron chi connectivity index (χ0n) is 24.5. The molecule has 0 bridgehead atoms. The molecule has 0 aromatic carbocycles. The van der Waals surface area contributed by atoms with Crippen LogP contribution < -0.4 is 10.6 Å². The molecule has 242 valence electrons. The highest BCUT2D eigenvalue weighted by atomic mass is 19.3. The SMILES string of the molecule is O=C(CC1CC(F)(F)C1)N[C@@H](c1cnn2cc([C@@H](NC(=O)c3nonc3[C@@H](O)C3CC3)C3CCC(F)(F)CC3)nc2c1)C1CC1. The number of halogens is 4. The van der Waals surface area contributed by atoms with Crippen molar-refractivity contribution < 1.29 is 36.9 Å². The van der Waals surface area contributed by atoms with Gasteiger partial charge in [0.1, 0.15) is 11.8 Å². The maximum absolute atomic E-state index is 14.1. The van der Waals surface area contributed by atoms with Crippen molar-refractivity contribution in [2.75, 3.05) is 0 Å². The van der Waals surface area contributed by atoms with Crippen LogP contribution in [0, 0.1) is 23.7 Å². The average molecular weight is 634 g/mol. The van der Waals surface area contributed by atoms with Crippen LogP contribution in [0.2, 0.25) is 0 Å². The molecule has 3 aromatic heterocycles. The molecule has 15 heteroatoms. The number of nitrogens with zero attached hydrogens (tertiary/aromatic N) is 5. The number of aromatic nitrogens is 5. The number of carbonyl (C=O) groups is 2. The van der Waals surface area contributed by atoms with Crippen LogP contribution in [-0.4, -0.2) is 53.7 Å². The second-order valence-electron chi connectivity index (χ2n) is 13.4. The maximum atomic E-state index is 14.1. The standard InChI is InChI=1S/C30H35F4N7O4/c31-29(32)7-5-17(6-8-29)24(38-28(44)26-25(39-45-40-26)27(43)18-3-4-18)20-14-41-21(36-20)10-19(13-35-41)23(16-1-2-16)37-22(42)9-15-11-30(33,34)12-15/h10,13-18,23-24,27,43H,1-9,11-12H2,(H,37,42)(H,38,44)/t23-,24+,27+/m1/s1. The lowest BCUT2D eigenvalue weighted by Gasteiger charge is -2.34. The van der Waals surface area contributed by atoms with Gasteiger partial charge in [-0.2, -0.15) is 5.10 Å². The molecular weight excluding hydrogens is 598 g/mol. The summed E-state index contributed by atoms with van der Waals surface area (Å²) in [5, 5.41) is 28.5. The van der Waals surface area contributed by atoms with Crippen molar-refractivity contribution in [3.63, 3.8) is 0 Å². The summed E-state index contributed by atoms with van der Waals surface area (Å²) in [6, 6.07) is 0.681. The number of amides is 2. The van der Waals surface area contributed by atoms with E-state index < -0.39 is 29.9 Å². The predicted molar refractivity (Wildman–Crippen MR) is 148 cm³/mol. The molecule has 4 saturated carbocycles. The lowest BCUT2D eigenvalue weighted by molar-refractivity contribution is -0.134. The number of hydrogen-bond acceptors (Lipinski definition) is 8. The summed E-state index contributed by atoms with van der Waals surface area (Å²) in [6.07, 6.45) is 4.86. The number of nitrogens with one attached hydrogen (secondary N) is 2. The van der Waals surface area contributed by atoms with Gasteiger partial charge >= 0.3 is 0 Å². The van der Waals surface area contributed by atoms with Crippen LogP contribution in [0.3, 0.4) is 0 Å². The van der Waals surface area contributed by atoms with Gasteiger partial charge in [-0.15, -0.1) is 0 Å². The van der Waals surface area contributed by atoms with Crippen LogP contribution in [-0.2, 0) is 4.79 Å². The summed E-state index contributed by atoms with van der Waals surface area (Å²) >= 11 is 0. The summed E-state index contributed by atoms with van der Waals surface area (Å²) in [4.78, 5) is 30.9. The van der Waals surface area contributed by atoms with Gasteiger partial charge < -0.3 is 15.7 Å². The fourth-order valence-electron chi connectivity index (χ4n) is 6.78. The van der Waals surface area contributed by atoms with Crippen molar-refractivity contribution in [1.29, 1.82) is 0 Å². The lowest BCUT2D eigenvalue weighted by atomic mass is 9.79. The van der Waals surface area contributed by atoms with E-state index in [1.54, 1.807) is 18.5 Å². The number of aliphatic hydroxyl groups is 1. The van der Waals surface area contributed by atoms with Gasteiger partial charge in [0, 0.05) is 32.1 Å². The van der Waals surface area contributed by atoms with E-state index in [1.807, 2.05) is 0 Å². The molecule has 4 fully saturated rings. The molecule has 0 unspecified atom stereocenters. The second-order valence-corrected chi connectivity index (χ2v) is 13.4. The molecule has 4 aliphatic carbocycles. The van der Waals surface area contributed by atoms with Crippen LogP contribution >= 0.6 is 0 Å². The number of alkyl halides is 4. The molecule has 11 nitrogen and oxygen atoms in total. The van der Waals surface area contributed by atoms with Gasteiger partial charge in [0.05, 0.1) is 30.2 Å². The van der Waals surface area contributed by atoms with E-state index >= 15 is 0 Å². The Labute approximate surface area is 255 Å². The lowest BCUT2D eigenvalue weighted by Crippen LogP contribution is -2.39. The Hall–Kier alpha value is -3.62. The largest absolute Gasteiger partial charge is 0.386 e. The molecular formula is C30H35F4N7O4. The number of carbonyl (C=O) groups excluding carboxylic acids is 2. The van der Waals surface area contributed by atoms with Crippen LogP contribution in [0.15, 0.2) is 23.1 Å². The summed E-state index contributed by atoms with van der Waals surface area (Å²) in [6.45, 7) is 0. The van der Waals surface area contributed by atoms with E-state index in [0.717, 1.165) is 31.2 Å². The van der Waals surface area contributed by atoms with Gasteiger partial charge in [-0.25, -0.2) is 31.7 Å². The third-order valence-electron chi connectivity index (χ3n) is 9.69. The van der Waals surface area contributed by atoms with Crippen molar-refractivity contribution in [2.24, 2.45) is 23.7 Å². The van der Waals surface area contributed by atoms with Crippen molar-refractivity contribution in [3.8, 4) is 0 Å². The first-order chi connectivity index (χ1) is 21.4. The molecule has 0 saturated heterocycles. The zero-order valence-corrected chi connectivity index (χ0v) is 24.5. The molecule has 0 radical (unpaired) electrons. The van der Waals surface area contributed by atoms with Crippen LogP contribution in [0.1, 0.15) is 116 Å². The summed E-state index contributed by atoms with van der Waals surface area (Å²) in [7, 11) is 0. The Morgan fingerprint density at radius 1 is 0.956 bits per heavy atom. The van der Waals surface area contributed by atoms with Crippen LogP contribution in [0.4, 0.5) is 17.6 Å². The third-order valence-corrected chi connectivity index (χ3v) is 9.69. The molecule has 3 aromatic rings. The van der Waals surface area contributed by atoms with E-state index in [0.29, 0.717) is 11.3 Å². The average Bonchev–Trinajstić information content (AvgIpc) is 3.91. The molecule has 2 amide bonds. The monoisotopic (exact) mass is 633 g/mol. The molecule has 0 aliphatic heterocycles. The molecule has 3 N–H and O–H groups in total. The van der Waals surface area contributed by atoms with Gasteiger partial charge in [-0.3, -0.25) is 9.59 Å². The Balaban J connectivity index is 1.12. The summed E-state index contributed by atoms with van der Waals surface area (Å²) < 4.78 is 61.0. The minimum Gasteiger partial charge on any atom is -0.386 e. The van der Waals surface area contributed by atoms with Crippen molar-refractivity contribution in [1.82, 2.24) is 35.5 Å². The van der Waals surface area contributed by atoms with E-state index in [9.17, 15) is 32.3 Å². The van der Waals surface area contributed by atoms with Crippen molar-refractivity contribution in [3.05, 3.63) is 41.1 Å². The molecule has 3 atom stereocenters. The number of rotatable bonds is 11. The Morgan fingerprint density at radius 3 is 2.31 bits per heavy atom. The Morgan fingerprint density at radius 2 is 1.64 bits per heavy atom. The van der Waals surface area contributed by atoms with Crippen LogP contribution in [0.5, 0.6) is 0 Å². The van der Waals surface area contributed by atoms with E-state index in [2.05, 4.69) is 26.0 Å². The molecule has 45 heavy (non-hydrogen) atoms. The predicted octanol–water partition coefficient (Wildman–Crippen LogP) is 4.86. The van der Waals surface area contributed by atoms with Gasteiger partial charge in [-0.05, 0) is 79.0 Å². The fraction of sp³-hybridized carbons (Fsp3) is 0.667. The first-order valence-corrected chi connectivity index (χ1v) is 15.7. The minimum atomic E-state index is -2.78. The number of hydrogen-bond donors (Lipinski definition) is 3. The maximum Gasteiger partial charge on any atom is 0.276 e. The quantitative estimate of drug-likeness (QED) is 0.254. The highest BCUT2D eigenvalue weighted by molar-refractivity contribution is 5.93. The first-order valence-electron chi connectivity index (χ1n) is 15.7. The van der Waals surface area contributed by atoms with Crippen molar-refractivity contribution >= 4 is 17.5 Å². The Bertz CT molecular complexity index is 1570. The summed E-state index contributed by atoms with van der Waals surface area (Å²) in [5.41, 5.74) is 1.47. The number of imidazole rings is 1. The van der Waals surface area contributed by atoms with Crippen LogP contribution in [0.25, 0.3) is 5.65 Å². The van der Waals surface area contributed by atoms with Gasteiger partial charge in [0.25, 0.3) is 5.91 Å². The topological polar surface area (TPSA) is 148 Å². The van der Waals surface area contributed by atoms with E-state index in [-0.39, 0.29) is 92.0 Å². The summed E-state index contributed by atoms with van der Waals surface area (Å²) in [5.74, 6) is -6.90. The molecule has 0 spiro atoms. The van der Waals surface area contributed by atoms with E-state index in [4.69, 9.17) is 9.61 Å². The zero-order chi connectivity index (χ0) is 31.5. The highest BCUT2D eigenvalue weighted by Crippen LogP contribution is 2.46. The minimum absolute atomic E-state index is 0.0225. The number of aliphatic hydroxyl groups excluding tert-OH is 1. The smallest absolute Gasteiger partial charge is 0.276 e. The van der Waals surface area contributed by atoms with E-state index in [1.165, 1.54) is 4.52 Å². The highest BCUT2D eigenvalue weighted by Gasteiger charge is 2.46. The molecule has 3 heterocycles. The Kier molecular flexibility index (Phi) is 7.56. The molecule has 4 aliphatic rings. The van der Waals surface area contributed by atoms with Gasteiger partial charge in [0.2, 0.25) is 17.8 Å². The second kappa shape index (κ2) is 11.3. The third kappa shape index (κ3) is 6.54. The molecule has 7 rings (SSSR count). The first kappa shape index (κ1) is 30.1.